The first-order chi connectivity index (χ1) is 19.4. The first-order valence-electron chi connectivity index (χ1n) is 13.5. The number of H-pyrrole nitrogens is 1. The number of aliphatic carboxylic acids is 1. The number of carboxylic acids is 1. The topological polar surface area (TPSA) is 137 Å². The zero-order valence-electron chi connectivity index (χ0n) is 22.2. The number of pyridine rings is 1. The van der Waals surface area contributed by atoms with E-state index in [0.717, 1.165) is 38.1 Å². The van der Waals surface area contributed by atoms with Gasteiger partial charge >= 0.3 is 5.97 Å². The van der Waals surface area contributed by atoms with Crippen molar-refractivity contribution in [3.05, 3.63) is 42.0 Å². The van der Waals surface area contributed by atoms with E-state index >= 15 is 0 Å². The summed E-state index contributed by atoms with van der Waals surface area (Å²) in [5.74, 6) is -1.12. The maximum atomic E-state index is 14.7. The lowest BCUT2D eigenvalue weighted by atomic mass is 9.77. The Hall–Kier alpha value is -3.35. The average Bonchev–Trinajstić information content (AvgIpc) is 3.34. The normalized spacial score (nSPS) is 17.4. The number of hydrogen-bond donors (Lipinski definition) is 2. The lowest BCUT2D eigenvalue weighted by molar-refractivity contribution is -0.138. The van der Waals surface area contributed by atoms with Crippen LogP contribution in [0.25, 0.3) is 22.4 Å². The van der Waals surface area contributed by atoms with E-state index in [1.165, 1.54) is 6.07 Å². The molecule has 12 heteroatoms. The third kappa shape index (κ3) is 8.83. The number of rotatable bonds is 16. The maximum Gasteiger partial charge on any atom is 0.305 e. The van der Waals surface area contributed by atoms with Crippen molar-refractivity contribution in [3.63, 3.8) is 0 Å². The van der Waals surface area contributed by atoms with Crippen LogP contribution in [0.1, 0.15) is 44.2 Å². The Labute approximate surface area is 230 Å². The van der Waals surface area contributed by atoms with E-state index in [1.807, 2.05) is 0 Å². The third-order valence-corrected chi connectivity index (χ3v) is 6.91. The highest BCUT2D eigenvalue weighted by Gasteiger charge is 2.26. The second kappa shape index (κ2) is 14.9. The molecule has 0 spiro atoms. The molecule has 0 saturated heterocycles. The fraction of sp³-hybridized carbons (Fsp3) is 0.536. The summed E-state index contributed by atoms with van der Waals surface area (Å²) >= 11 is 0. The molecule has 0 bridgehead atoms. The number of carboxylic acid groups (broad SMARTS) is 1. The number of ketones is 1. The highest BCUT2D eigenvalue weighted by atomic mass is 19.1. The van der Waals surface area contributed by atoms with Crippen LogP contribution < -0.4 is 0 Å². The number of nitrogens with one attached hydrogen (secondary N) is 1. The van der Waals surface area contributed by atoms with Crippen molar-refractivity contribution >= 4 is 22.8 Å². The fourth-order valence-corrected chi connectivity index (χ4v) is 5.05. The molecule has 0 unspecified atom stereocenters. The van der Waals surface area contributed by atoms with Crippen LogP contribution in [-0.2, 0) is 30.2 Å². The number of halogens is 2. The molecule has 1 saturated carbocycles. The Morgan fingerprint density at radius 3 is 2.55 bits per heavy atom. The van der Waals surface area contributed by atoms with Gasteiger partial charge < -0.3 is 24.3 Å². The quantitative estimate of drug-likeness (QED) is 0.248. The first-order valence-corrected chi connectivity index (χ1v) is 13.5. The second-order valence-electron chi connectivity index (χ2n) is 10.0. The van der Waals surface area contributed by atoms with Gasteiger partial charge in [0.05, 0.1) is 57.5 Å². The number of carbonyl (C=O) groups excluding carboxylic acids is 1. The van der Waals surface area contributed by atoms with Crippen molar-refractivity contribution in [1.82, 2.24) is 19.9 Å². The number of carbonyl (C=O) groups is 2. The van der Waals surface area contributed by atoms with Crippen LogP contribution in [0.3, 0.4) is 0 Å². The minimum atomic E-state index is -0.906. The molecule has 216 valence electrons. The van der Waals surface area contributed by atoms with Crippen LogP contribution in [0.2, 0.25) is 0 Å². The lowest BCUT2D eigenvalue weighted by Crippen LogP contribution is -2.23. The van der Waals surface area contributed by atoms with Crippen molar-refractivity contribution in [2.45, 2.75) is 44.9 Å². The van der Waals surface area contributed by atoms with Gasteiger partial charge in [-0.25, -0.2) is 23.7 Å². The largest absolute Gasteiger partial charge is 0.481 e. The molecule has 4 rings (SSSR count). The number of fused-ring (bicyclic) bond motifs is 1. The molecule has 0 aliphatic heterocycles. The SMILES string of the molecule is O=C(O)CCOCCOCCOCC(=O)C[C@H]1CCC[C@@H](Cc2nc(-c3c[nH]c4ncc(F)cc34)ncc2F)C1. The van der Waals surface area contributed by atoms with Crippen LogP contribution in [-0.4, -0.2) is 76.4 Å². The Kier molecular flexibility index (Phi) is 11.0. The molecule has 1 aliphatic carbocycles. The minimum Gasteiger partial charge on any atom is -0.481 e. The van der Waals surface area contributed by atoms with Gasteiger partial charge in [0.2, 0.25) is 0 Å². The Bertz CT molecular complexity index is 1290. The highest BCUT2D eigenvalue weighted by molar-refractivity contribution is 5.91. The van der Waals surface area contributed by atoms with Gasteiger partial charge in [0.15, 0.2) is 17.4 Å². The standard InChI is InChI=1S/C28H34F2N4O6/c29-20-13-22-23(15-32-27(22)31-14-20)28-33-16-24(30)25(34-28)12-19-3-1-2-18(10-19)11-21(35)17-40-9-8-39-7-6-38-5-4-26(36)37/h13-16,18-19H,1-12,17H2,(H,31,32)(H,36,37)/t18-,19+/m0/s1. The molecule has 3 aromatic rings. The van der Waals surface area contributed by atoms with Gasteiger partial charge in [-0.2, -0.15) is 0 Å². The maximum absolute atomic E-state index is 14.7. The number of aromatic amines is 1. The molecule has 10 nitrogen and oxygen atoms in total. The molecule has 40 heavy (non-hydrogen) atoms. The molecule has 3 heterocycles. The van der Waals surface area contributed by atoms with E-state index < -0.39 is 17.6 Å². The molecule has 1 fully saturated rings. The van der Waals surface area contributed by atoms with Crippen molar-refractivity contribution in [2.75, 3.05) is 39.6 Å². The third-order valence-electron chi connectivity index (χ3n) is 6.91. The summed E-state index contributed by atoms with van der Waals surface area (Å²) in [6.07, 6.45) is 8.37. The monoisotopic (exact) mass is 560 g/mol. The summed E-state index contributed by atoms with van der Waals surface area (Å²) in [5, 5.41) is 9.06. The van der Waals surface area contributed by atoms with Gasteiger partial charge in [-0.3, -0.25) is 9.59 Å². The summed E-state index contributed by atoms with van der Waals surface area (Å²) in [4.78, 5) is 38.4. The summed E-state index contributed by atoms with van der Waals surface area (Å²) < 4.78 is 44.3. The smallest absolute Gasteiger partial charge is 0.305 e. The van der Waals surface area contributed by atoms with E-state index in [2.05, 4.69) is 19.9 Å². The Morgan fingerprint density at radius 1 is 1.00 bits per heavy atom. The van der Waals surface area contributed by atoms with Crippen LogP contribution in [0, 0.1) is 23.5 Å². The summed E-state index contributed by atoms with van der Waals surface area (Å²) in [5.41, 5.74) is 1.38. The number of Topliss-reactive ketones (excluding diaryl/α,β-unsaturated/α-hetero) is 1. The Balaban J connectivity index is 1.19. The molecule has 0 aromatic carbocycles. The van der Waals surface area contributed by atoms with Crippen molar-refractivity contribution in [3.8, 4) is 11.4 Å². The predicted octanol–water partition coefficient (Wildman–Crippen LogP) is 4.13. The van der Waals surface area contributed by atoms with Gasteiger partial charge in [0.1, 0.15) is 18.1 Å². The summed E-state index contributed by atoms with van der Waals surface area (Å²) in [6.45, 7) is 1.39. The first kappa shape index (κ1) is 29.6. The van der Waals surface area contributed by atoms with Gasteiger partial charge in [-0.15, -0.1) is 0 Å². The molecular weight excluding hydrogens is 526 g/mol. The number of aromatic nitrogens is 4. The summed E-state index contributed by atoms with van der Waals surface area (Å²) in [6, 6.07) is 1.35. The molecule has 2 N–H and O–H groups in total. The minimum absolute atomic E-state index is 0.0175. The number of hydrogen-bond acceptors (Lipinski definition) is 8. The molecule has 0 radical (unpaired) electrons. The predicted molar refractivity (Wildman–Crippen MR) is 141 cm³/mol. The van der Waals surface area contributed by atoms with Gasteiger partial charge in [0, 0.05) is 23.6 Å². The van der Waals surface area contributed by atoms with E-state index in [9.17, 15) is 18.4 Å². The number of ether oxygens (including phenoxy) is 3. The molecule has 0 amide bonds. The summed E-state index contributed by atoms with van der Waals surface area (Å²) in [7, 11) is 0. The van der Waals surface area contributed by atoms with Gasteiger partial charge in [-0.1, -0.05) is 19.3 Å². The lowest BCUT2D eigenvalue weighted by Gasteiger charge is -2.28. The highest BCUT2D eigenvalue weighted by Crippen LogP contribution is 2.34. The van der Waals surface area contributed by atoms with Crippen molar-refractivity contribution in [2.24, 2.45) is 11.8 Å². The van der Waals surface area contributed by atoms with Crippen LogP contribution >= 0.6 is 0 Å². The Morgan fingerprint density at radius 2 is 1.75 bits per heavy atom. The van der Waals surface area contributed by atoms with E-state index in [1.54, 1.807) is 6.20 Å². The fourth-order valence-electron chi connectivity index (χ4n) is 5.05. The van der Waals surface area contributed by atoms with E-state index in [0.29, 0.717) is 60.8 Å². The molecule has 1 aliphatic rings. The van der Waals surface area contributed by atoms with E-state index in [-0.39, 0.29) is 43.9 Å². The average molecular weight is 561 g/mol. The molecule has 3 aromatic heterocycles. The van der Waals surface area contributed by atoms with Gasteiger partial charge in [-0.05, 0) is 30.7 Å². The second-order valence-corrected chi connectivity index (χ2v) is 10.0. The van der Waals surface area contributed by atoms with Crippen LogP contribution in [0.15, 0.2) is 24.7 Å². The zero-order chi connectivity index (χ0) is 28.3. The molecule has 2 atom stereocenters. The van der Waals surface area contributed by atoms with Gasteiger partial charge in [0.25, 0.3) is 0 Å². The van der Waals surface area contributed by atoms with Crippen molar-refractivity contribution in [1.29, 1.82) is 0 Å². The van der Waals surface area contributed by atoms with Crippen LogP contribution in [0.5, 0.6) is 0 Å². The van der Waals surface area contributed by atoms with Crippen molar-refractivity contribution < 1.29 is 37.7 Å². The number of nitrogens with zero attached hydrogens (tertiary/aromatic N) is 3. The molecular formula is C28H34F2N4O6. The zero-order valence-corrected chi connectivity index (χ0v) is 22.2. The van der Waals surface area contributed by atoms with E-state index in [4.69, 9.17) is 19.3 Å². The van der Waals surface area contributed by atoms with Crippen LogP contribution in [0.4, 0.5) is 8.78 Å².